The summed E-state index contributed by atoms with van der Waals surface area (Å²) < 4.78 is 0. The Balaban J connectivity index is 2.74. The quantitative estimate of drug-likeness (QED) is 0.478. The van der Waals surface area contributed by atoms with Crippen LogP contribution in [-0.4, -0.2) is 18.0 Å². The summed E-state index contributed by atoms with van der Waals surface area (Å²) in [5.74, 6) is 0. The lowest BCUT2D eigenvalue weighted by atomic mass is 10.2. The van der Waals surface area contributed by atoms with Gasteiger partial charge in [0.1, 0.15) is 0 Å². The molecule has 52 valence electrons. The monoisotopic (exact) mass is 125 g/mol. The third-order valence-corrected chi connectivity index (χ3v) is 2.41. The van der Waals surface area contributed by atoms with E-state index < -0.39 is 0 Å². The molecular formula is C8H15N. The zero-order chi connectivity index (χ0) is 7.02. The molecule has 1 unspecified atom stereocenters. The van der Waals surface area contributed by atoms with Crippen LogP contribution in [0.25, 0.3) is 0 Å². The van der Waals surface area contributed by atoms with E-state index in [1.165, 1.54) is 12.1 Å². The Morgan fingerprint density at radius 1 is 1.44 bits per heavy atom. The molecule has 0 fully saturated rings. The standard InChI is InChI=1S/C8H15N/c1-6-5-7(2)9(4)8(6)3/h7H,5H2,1-4H3. The minimum Gasteiger partial charge on any atom is -0.375 e. The van der Waals surface area contributed by atoms with Crippen LogP contribution in [-0.2, 0) is 0 Å². The molecule has 0 aromatic carbocycles. The maximum atomic E-state index is 2.34. The van der Waals surface area contributed by atoms with Crippen molar-refractivity contribution < 1.29 is 0 Å². The Bertz CT molecular complexity index is 147. The van der Waals surface area contributed by atoms with Gasteiger partial charge in [0, 0.05) is 18.8 Å². The van der Waals surface area contributed by atoms with E-state index in [4.69, 9.17) is 0 Å². The Morgan fingerprint density at radius 3 is 2.11 bits per heavy atom. The third-order valence-electron chi connectivity index (χ3n) is 2.41. The van der Waals surface area contributed by atoms with Gasteiger partial charge in [-0.3, -0.25) is 0 Å². The van der Waals surface area contributed by atoms with Crippen LogP contribution in [0.15, 0.2) is 11.3 Å². The maximum Gasteiger partial charge on any atom is 0.0293 e. The second-order valence-corrected chi connectivity index (χ2v) is 3.03. The average molecular weight is 125 g/mol. The molecule has 9 heavy (non-hydrogen) atoms. The first kappa shape index (κ1) is 6.66. The van der Waals surface area contributed by atoms with Crippen molar-refractivity contribution in [1.29, 1.82) is 0 Å². The smallest absolute Gasteiger partial charge is 0.0293 e. The van der Waals surface area contributed by atoms with Crippen LogP contribution in [0.2, 0.25) is 0 Å². The molecule has 1 rings (SSSR count). The summed E-state index contributed by atoms with van der Waals surface area (Å²) in [4.78, 5) is 2.34. The van der Waals surface area contributed by atoms with Crippen molar-refractivity contribution >= 4 is 0 Å². The van der Waals surface area contributed by atoms with Crippen LogP contribution >= 0.6 is 0 Å². The van der Waals surface area contributed by atoms with E-state index in [-0.39, 0.29) is 0 Å². The molecule has 0 aliphatic carbocycles. The summed E-state index contributed by atoms with van der Waals surface area (Å²) >= 11 is 0. The van der Waals surface area contributed by atoms with E-state index in [0.29, 0.717) is 0 Å². The molecule has 1 heterocycles. The lowest BCUT2D eigenvalue weighted by Crippen LogP contribution is -2.20. The molecule has 1 aliphatic heterocycles. The largest absolute Gasteiger partial charge is 0.375 e. The summed E-state index contributed by atoms with van der Waals surface area (Å²) in [5, 5.41) is 0. The van der Waals surface area contributed by atoms with Crippen LogP contribution in [0.1, 0.15) is 27.2 Å². The Kier molecular flexibility index (Phi) is 1.52. The summed E-state index contributed by atoms with van der Waals surface area (Å²) in [5.41, 5.74) is 3.01. The Hall–Kier alpha value is -0.460. The van der Waals surface area contributed by atoms with Crippen molar-refractivity contribution in [2.45, 2.75) is 33.2 Å². The normalized spacial score (nSPS) is 28.0. The summed E-state index contributed by atoms with van der Waals surface area (Å²) in [6, 6.07) is 0.727. The molecule has 0 N–H and O–H groups in total. The fraction of sp³-hybridized carbons (Fsp3) is 0.750. The second-order valence-electron chi connectivity index (χ2n) is 3.03. The first-order valence-corrected chi connectivity index (χ1v) is 3.52. The summed E-state index contributed by atoms with van der Waals surface area (Å²) in [6.07, 6.45) is 1.25. The fourth-order valence-corrected chi connectivity index (χ4v) is 1.36. The number of rotatable bonds is 0. The molecule has 1 nitrogen and oxygen atoms in total. The van der Waals surface area contributed by atoms with Crippen LogP contribution in [0.3, 0.4) is 0 Å². The van der Waals surface area contributed by atoms with Crippen LogP contribution in [0, 0.1) is 0 Å². The van der Waals surface area contributed by atoms with E-state index in [0.717, 1.165) is 6.04 Å². The van der Waals surface area contributed by atoms with Crippen LogP contribution in [0.5, 0.6) is 0 Å². The molecular weight excluding hydrogens is 110 g/mol. The van der Waals surface area contributed by atoms with Gasteiger partial charge >= 0.3 is 0 Å². The van der Waals surface area contributed by atoms with Crippen molar-refractivity contribution in [3.05, 3.63) is 11.3 Å². The van der Waals surface area contributed by atoms with Crippen LogP contribution < -0.4 is 0 Å². The number of hydrogen-bond acceptors (Lipinski definition) is 1. The van der Waals surface area contributed by atoms with Crippen molar-refractivity contribution in [3.63, 3.8) is 0 Å². The van der Waals surface area contributed by atoms with Crippen molar-refractivity contribution in [2.75, 3.05) is 7.05 Å². The van der Waals surface area contributed by atoms with Crippen LogP contribution in [0.4, 0.5) is 0 Å². The zero-order valence-electron chi connectivity index (χ0n) is 6.73. The number of allylic oxidation sites excluding steroid dienone is 1. The van der Waals surface area contributed by atoms with Crippen molar-refractivity contribution in [3.8, 4) is 0 Å². The highest BCUT2D eigenvalue weighted by atomic mass is 15.1. The molecule has 1 heteroatoms. The fourth-order valence-electron chi connectivity index (χ4n) is 1.36. The van der Waals surface area contributed by atoms with Gasteiger partial charge in [-0.15, -0.1) is 0 Å². The van der Waals surface area contributed by atoms with Gasteiger partial charge in [-0.1, -0.05) is 5.57 Å². The first-order chi connectivity index (χ1) is 4.13. The summed E-state index contributed by atoms with van der Waals surface area (Å²) in [6.45, 7) is 6.67. The molecule has 0 saturated carbocycles. The predicted octanol–water partition coefficient (Wildman–Crippen LogP) is 2.00. The van der Waals surface area contributed by atoms with Gasteiger partial charge in [0.15, 0.2) is 0 Å². The van der Waals surface area contributed by atoms with Gasteiger partial charge in [0.25, 0.3) is 0 Å². The van der Waals surface area contributed by atoms with E-state index in [2.05, 4.69) is 32.7 Å². The predicted molar refractivity (Wildman–Crippen MR) is 40.2 cm³/mol. The third kappa shape index (κ3) is 0.958. The molecule has 1 aliphatic rings. The zero-order valence-corrected chi connectivity index (χ0v) is 6.73. The molecule has 0 aromatic rings. The Morgan fingerprint density at radius 2 is 2.00 bits per heavy atom. The van der Waals surface area contributed by atoms with Gasteiger partial charge in [-0.05, 0) is 27.2 Å². The van der Waals surface area contributed by atoms with Crippen molar-refractivity contribution in [1.82, 2.24) is 4.90 Å². The lowest BCUT2D eigenvalue weighted by molar-refractivity contribution is 0.357. The summed E-state index contributed by atoms with van der Waals surface area (Å²) in [7, 11) is 2.16. The molecule has 0 saturated heterocycles. The van der Waals surface area contributed by atoms with Gasteiger partial charge in [-0.2, -0.15) is 0 Å². The molecule has 1 atom stereocenters. The lowest BCUT2D eigenvalue weighted by Gasteiger charge is -2.19. The number of nitrogens with zero attached hydrogens (tertiary/aromatic N) is 1. The highest BCUT2D eigenvalue weighted by molar-refractivity contribution is 5.16. The van der Waals surface area contributed by atoms with E-state index >= 15 is 0 Å². The number of hydrogen-bond donors (Lipinski definition) is 0. The SMILES string of the molecule is CC1=C(C)N(C)C(C)C1. The highest BCUT2D eigenvalue weighted by Crippen LogP contribution is 2.25. The van der Waals surface area contributed by atoms with Gasteiger partial charge < -0.3 is 4.90 Å². The maximum absolute atomic E-state index is 2.34. The molecule has 0 amide bonds. The minimum atomic E-state index is 0.727. The molecule has 0 radical (unpaired) electrons. The first-order valence-electron chi connectivity index (χ1n) is 3.52. The van der Waals surface area contributed by atoms with E-state index in [9.17, 15) is 0 Å². The van der Waals surface area contributed by atoms with Gasteiger partial charge in [0.2, 0.25) is 0 Å². The van der Waals surface area contributed by atoms with E-state index in [1.54, 1.807) is 5.57 Å². The molecule has 0 bridgehead atoms. The van der Waals surface area contributed by atoms with E-state index in [1.807, 2.05) is 0 Å². The van der Waals surface area contributed by atoms with Gasteiger partial charge in [0.05, 0.1) is 0 Å². The average Bonchev–Trinajstić information content (AvgIpc) is 1.98. The minimum absolute atomic E-state index is 0.727. The molecule has 0 aromatic heterocycles. The Labute approximate surface area is 57.4 Å². The van der Waals surface area contributed by atoms with Gasteiger partial charge in [-0.25, -0.2) is 0 Å². The molecule has 0 spiro atoms. The highest BCUT2D eigenvalue weighted by Gasteiger charge is 2.18. The second kappa shape index (κ2) is 2.05. The topological polar surface area (TPSA) is 3.24 Å². The van der Waals surface area contributed by atoms with Crippen molar-refractivity contribution in [2.24, 2.45) is 0 Å².